The Bertz CT molecular complexity index is 1370. The van der Waals surface area contributed by atoms with Crippen LogP contribution in [0.4, 0.5) is 0 Å². The SMILES string of the molecule is CCCCCCCCC/C=C\CCCCCCCCCC(=O)OCCCCCCCCCCC/C=C\C/C=C\CCCCCCCCCCCC(=O)NC(CO)C(O)/C=C/CCCCCCCCCCCCCCCCCCCCCC. The predicted octanol–water partition coefficient (Wildman–Crippen LogP) is 24.0. The van der Waals surface area contributed by atoms with E-state index in [0.717, 1.165) is 51.4 Å². The average Bonchev–Trinajstić information content (AvgIpc) is 3.48. The zero-order valence-electron chi connectivity index (χ0n) is 55.2. The van der Waals surface area contributed by atoms with Crippen LogP contribution >= 0.6 is 0 Å². The number of aliphatic hydroxyl groups is 2. The lowest BCUT2D eigenvalue weighted by Crippen LogP contribution is -2.45. The van der Waals surface area contributed by atoms with Crippen LogP contribution in [0.25, 0.3) is 0 Å². The number of carbonyl (C=O) groups excluding carboxylic acids is 2. The van der Waals surface area contributed by atoms with Gasteiger partial charge >= 0.3 is 5.97 Å². The van der Waals surface area contributed by atoms with Crippen LogP contribution in [0.5, 0.6) is 0 Å². The molecule has 0 rings (SSSR count). The number of nitrogens with one attached hydrogen (secondary N) is 1. The van der Waals surface area contributed by atoms with Gasteiger partial charge in [-0.3, -0.25) is 9.59 Å². The van der Waals surface area contributed by atoms with E-state index in [-0.39, 0.29) is 18.5 Å². The van der Waals surface area contributed by atoms with Gasteiger partial charge in [0, 0.05) is 12.8 Å². The summed E-state index contributed by atoms with van der Waals surface area (Å²) in [6.45, 7) is 4.93. The van der Waals surface area contributed by atoms with Crippen molar-refractivity contribution in [2.45, 2.75) is 411 Å². The molecule has 0 aromatic rings. The number of ether oxygens (including phenoxy) is 1. The molecule has 0 aliphatic rings. The number of carbonyl (C=O) groups is 2. The van der Waals surface area contributed by atoms with Gasteiger partial charge in [-0.1, -0.05) is 345 Å². The Hall–Kier alpha value is -2.18. The van der Waals surface area contributed by atoms with E-state index in [1.165, 1.54) is 321 Å². The van der Waals surface area contributed by atoms with Gasteiger partial charge in [0.2, 0.25) is 5.91 Å². The molecule has 0 aromatic carbocycles. The molecule has 0 saturated heterocycles. The van der Waals surface area contributed by atoms with Gasteiger partial charge < -0.3 is 20.3 Å². The highest BCUT2D eigenvalue weighted by Gasteiger charge is 2.18. The van der Waals surface area contributed by atoms with Crippen LogP contribution in [-0.4, -0.2) is 47.4 Å². The fourth-order valence-electron chi connectivity index (χ4n) is 11.4. The number of esters is 1. The molecular formula is C76H143NO5. The lowest BCUT2D eigenvalue weighted by molar-refractivity contribution is -0.143. The maximum absolute atomic E-state index is 12.5. The van der Waals surface area contributed by atoms with Crippen molar-refractivity contribution in [1.82, 2.24) is 5.32 Å². The lowest BCUT2D eigenvalue weighted by atomic mass is 10.0. The molecule has 6 heteroatoms. The topological polar surface area (TPSA) is 95.9 Å². The van der Waals surface area contributed by atoms with E-state index in [2.05, 4.69) is 55.6 Å². The first-order valence-corrected chi connectivity index (χ1v) is 36.9. The molecule has 1 amide bonds. The molecule has 0 aliphatic carbocycles. The van der Waals surface area contributed by atoms with Gasteiger partial charge in [0.15, 0.2) is 0 Å². The van der Waals surface area contributed by atoms with Gasteiger partial charge in [0.1, 0.15) is 0 Å². The number of aliphatic hydroxyl groups excluding tert-OH is 2. The van der Waals surface area contributed by atoms with Crippen LogP contribution in [-0.2, 0) is 14.3 Å². The third-order valence-corrected chi connectivity index (χ3v) is 17.1. The highest BCUT2D eigenvalue weighted by molar-refractivity contribution is 5.76. The second-order valence-corrected chi connectivity index (χ2v) is 25.3. The third-order valence-electron chi connectivity index (χ3n) is 17.1. The molecule has 0 aliphatic heterocycles. The second-order valence-electron chi connectivity index (χ2n) is 25.3. The van der Waals surface area contributed by atoms with Gasteiger partial charge in [0.25, 0.3) is 0 Å². The first-order valence-electron chi connectivity index (χ1n) is 36.9. The molecule has 3 N–H and O–H groups in total. The smallest absolute Gasteiger partial charge is 0.305 e. The Balaban J connectivity index is 3.45. The summed E-state index contributed by atoms with van der Waals surface area (Å²) in [5.74, 6) is -0.0647. The fourth-order valence-corrected chi connectivity index (χ4v) is 11.4. The van der Waals surface area contributed by atoms with Crippen LogP contribution < -0.4 is 5.32 Å². The summed E-state index contributed by atoms with van der Waals surface area (Å²) in [6, 6.07) is -0.635. The third kappa shape index (κ3) is 67.0. The fraction of sp³-hybridized carbons (Fsp3) is 0.868. The molecule has 82 heavy (non-hydrogen) atoms. The van der Waals surface area contributed by atoms with E-state index >= 15 is 0 Å². The minimum Gasteiger partial charge on any atom is -0.466 e. The first-order chi connectivity index (χ1) is 40.5. The van der Waals surface area contributed by atoms with Crippen molar-refractivity contribution in [3.8, 4) is 0 Å². The molecular weight excluding hydrogens is 1010 g/mol. The summed E-state index contributed by atoms with van der Waals surface area (Å²) in [6.07, 6.45) is 93.4. The van der Waals surface area contributed by atoms with E-state index in [0.29, 0.717) is 19.4 Å². The van der Waals surface area contributed by atoms with Crippen LogP contribution in [0.2, 0.25) is 0 Å². The molecule has 0 bridgehead atoms. The number of amides is 1. The zero-order valence-corrected chi connectivity index (χ0v) is 55.2. The maximum atomic E-state index is 12.5. The Kier molecular flexibility index (Phi) is 69.4. The lowest BCUT2D eigenvalue weighted by Gasteiger charge is -2.20. The van der Waals surface area contributed by atoms with Crippen molar-refractivity contribution in [3.63, 3.8) is 0 Å². The Morgan fingerprint density at radius 2 is 0.610 bits per heavy atom. The van der Waals surface area contributed by atoms with Crippen molar-refractivity contribution in [2.24, 2.45) is 0 Å². The van der Waals surface area contributed by atoms with Gasteiger partial charge in [-0.25, -0.2) is 0 Å². The Morgan fingerprint density at radius 3 is 0.939 bits per heavy atom. The highest BCUT2D eigenvalue weighted by Crippen LogP contribution is 2.18. The van der Waals surface area contributed by atoms with Crippen LogP contribution in [0.15, 0.2) is 48.6 Å². The van der Waals surface area contributed by atoms with Gasteiger partial charge in [-0.15, -0.1) is 0 Å². The molecule has 0 heterocycles. The summed E-state index contributed by atoms with van der Waals surface area (Å²) in [4.78, 5) is 24.6. The number of unbranched alkanes of at least 4 members (excludes halogenated alkanes) is 52. The minimum atomic E-state index is -0.851. The highest BCUT2D eigenvalue weighted by atomic mass is 16.5. The molecule has 0 spiro atoms. The zero-order chi connectivity index (χ0) is 59.2. The quantitative estimate of drug-likeness (QED) is 0.0320. The van der Waals surface area contributed by atoms with Gasteiger partial charge in [-0.2, -0.15) is 0 Å². The standard InChI is InChI=1S/C76H143NO5/c1-3-5-7-9-11-13-15-17-19-21-23-24-30-33-36-40-44-48-52-56-60-64-68-74(79)73(72-78)77-75(80)69-65-61-57-53-49-45-41-37-34-31-28-26-25-27-29-32-35-39-43-47-51-55-59-63-67-71-82-76(81)70-66-62-58-54-50-46-42-38-22-20-18-16-14-12-10-8-6-4-2/h20,22,26-29,64,68,73-74,78-79H,3-19,21,23-25,30-63,65-67,69-72H2,1-2H3,(H,77,80)/b22-20-,28-26-,29-27-,68-64+. The van der Waals surface area contributed by atoms with E-state index in [1.54, 1.807) is 6.08 Å². The van der Waals surface area contributed by atoms with Gasteiger partial charge in [0.05, 0.1) is 25.4 Å². The van der Waals surface area contributed by atoms with Crippen LogP contribution in [0.3, 0.4) is 0 Å². The average molecular weight is 1150 g/mol. The number of rotatable bonds is 69. The summed E-state index contributed by atoms with van der Waals surface area (Å²) < 4.78 is 5.50. The molecule has 2 atom stereocenters. The summed E-state index contributed by atoms with van der Waals surface area (Å²) in [5, 5.41) is 23.3. The molecule has 0 radical (unpaired) electrons. The normalized spacial score (nSPS) is 12.8. The van der Waals surface area contributed by atoms with E-state index < -0.39 is 12.1 Å². The molecule has 2 unspecified atom stereocenters. The molecule has 6 nitrogen and oxygen atoms in total. The Morgan fingerprint density at radius 1 is 0.341 bits per heavy atom. The van der Waals surface area contributed by atoms with Crippen molar-refractivity contribution in [2.75, 3.05) is 13.2 Å². The number of allylic oxidation sites excluding steroid dienone is 7. The first kappa shape index (κ1) is 79.8. The van der Waals surface area contributed by atoms with E-state index in [1.807, 2.05) is 6.08 Å². The molecule has 482 valence electrons. The van der Waals surface area contributed by atoms with Crippen molar-refractivity contribution in [3.05, 3.63) is 48.6 Å². The maximum Gasteiger partial charge on any atom is 0.305 e. The van der Waals surface area contributed by atoms with Crippen molar-refractivity contribution < 1.29 is 24.5 Å². The summed E-state index contributed by atoms with van der Waals surface area (Å²) in [7, 11) is 0. The summed E-state index contributed by atoms with van der Waals surface area (Å²) >= 11 is 0. The van der Waals surface area contributed by atoms with Crippen molar-refractivity contribution >= 4 is 11.9 Å². The summed E-state index contributed by atoms with van der Waals surface area (Å²) in [5.41, 5.74) is 0. The second kappa shape index (κ2) is 71.3. The van der Waals surface area contributed by atoms with E-state index in [9.17, 15) is 19.8 Å². The minimum absolute atomic E-state index is 0.00608. The van der Waals surface area contributed by atoms with Crippen LogP contribution in [0.1, 0.15) is 399 Å². The largest absolute Gasteiger partial charge is 0.466 e. The number of hydrogen-bond acceptors (Lipinski definition) is 5. The monoisotopic (exact) mass is 1150 g/mol. The van der Waals surface area contributed by atoms with Crippen molar-refractivity contribution in [1.29, 1.82) is 0 Å². The molecule has 0 fully saturated rings. The Labute approximate surface area is 512 Å². The van der Waals surface area contributed by atoms with Crippen LogP contribution in [0, 0.1) is 0 Å². The van der Waals surface area contributed by atoms with E-state index in [4.69, 9.17) is 4.74 Å². The van der Waals surface area contributed by atoms with Gasteiger partial charge in [-0.05, 0) is 89.9 Å². The molecule has 0 saturated carbocycles. The predicted molar refractivity (Wildman–Crippen MR) is 361 cm³/mol. The number of hydrogen-bond donors (Lipinski definition) is 3. The molecule has 0 aromatic heterocycles.